The number of nitrogens with zero attached hydrogens (tertiary/aromatic N) is 3. The van der Waals surface area contributed by atoms with Crippen LogP contribution in [0.2, 0.25) is 0 Å². The lowest BCUT2D eigenvalue weighted by Gasteiger charge is -2.11. The van der Waals surface area contributed by atoms with Crippen molar-refractivity contribution in [2.45, 2.75) is 0 Å². The average molecular weight is 389 g/mol. The SMILES string of the molecule is CNC(=O)c1ccc(Nc2nc(Nc3cccn(C)c3=O)c3cc[nH]c3n2)cc1. The van der Waals surface area contributed by atoms with Gasteiger partial charge in [-0.1, -0.05) is 0 Å². The number of rotatable bonds is 5. The highest BCUT2D eigenvalue weighted by Gasteiger charge is 2.11. The number of amides is 1. The minimum Gasteiger partial charge on any atom is -0.355 e. The van der Waals surface area contributed by atoms with Crippen LogP contribution >= 0.6 is 0 Å². The van der Waals surface area contributed by atoms with E-state index >= 15 is 0 Å². The highest BCUT2D eigenvalue weighted by molar-refractivity contribution is 5.94. The van der Waals surface area contributed by atoms with Gasteiger partial charge in [-0.15, -0.1) is 0 Å². The summed E-state index contributed by atoms with van der Waals surface area (Å²) in [6, 6.07) is 12.3. The van der Waals surface area contributed by atoms with E-state index in [9.17, 15) is 9.59 Å². The van der Waals surface area contributed by atoms with Crippen molar-refractivity contribution in [3.05, 3.63) is 70.8 Å². The van der Waals surface area contributed by atoms with Crippen LogP contribution in [0.15, 0.2) is 59.7 Å². The smallest absolute Gasteiger partial charge is 0.274 e. The molecular formula is C20H19N7O2. The lowest BCUT2D eigenvalue weighted by molar-refractivity contribution is 0.0963. The Bertz CT molecular complexity index is 1240. The number of nitrogens with one attached hydrogen (secondary N) is 4. The Balaban J connectivity index is 1.67. The first-order valence-electron chi connectivity index (χ1n) is 8.92. The standard InChI is InChI=1S/C20H19N7O2/c1-21-18(28)12-5-7-13(8-6-12)23-20-25-16-14(9-10-22-16)17(26-20)24-15-4-3-11-27(2)19(15)29/h3-11H,1-2H3,(H,21,28)(H3,22,23,24,25,26). The summed E-state index contributed by atoms with van der Waals surface area (Å²) in [5.74, 6) is 0.698. The first kappa shape index (κ1) is 18.2. The van der Waals surface area contributed by atoms with Crippen molar-refractivity contribution in [2.24, 2.45) is 7.05 Å². The van der Waals surface area contributed by atoms with Crippen molar-refractivity contribution in [3.8, 4) is 0 Å². The summed E-state index contributed by atoms with van der Waals surface area (Å²) in [6.07, 6.45) is 3.45. The van der Waals surface area contributed by atoms with Crippen LogP contribution in [-0.4, -0.2) is 32.5 Å². The molecule has 146 valence electrons. The van der Waals surface area contributed by atoms with Crippen LogP contribution in [0.3, 0.4) is 0 Å². The fourth-order valence-corrected chi connectivity index (χ4v) is 2.89. The Hall–Kier alpha value is -4.14. The second kappa shape index (κ2) is 7.47. The van der Waals surface area contributed by atoms with Gasteiger partial charge in [0.1, 0.15) is 17.2 Å². The topological polar surface area (TPSA) is 117 Å². The monoisotopic (exact) mass is 389 g/mol. The van der Waals surface area contributed by atoms with Gasteiger partial charge in [0.05, 0.1) is 5.39 Å². The summed E-state index contributed by atoms with van der Waals surface area (Å²) in [4.78, 5) is 36.1. The van der Waals surface area contributed by atoms with Crippen LogP contribution in [0, 0.1) is 0 Å². The quantitative estimate of drug-likeness (QED) is 0.417. The van der Waals surface area contributed by atoms with E-state index in [1.54, 1.807) is 62.9 Å². The molecule has 3 aromatic heterocycles. The Kier molecular flexibility index (Phi) is 4.70. The molecule has 3 heterocycles. The van der Waals surface area contributed by atoms with E-state index in [0.29, 0.717) is 28.7 Å². The summed E-state index contributed by atoms with van der Waals surface area (Å²) in [5, 5.41) is 9.57. The Morgan fingerprint density at radius 2 is 1.86 bits per heavy atom. The van der Waals surface area contributed by atoms with E-state index in [0.717, 1.165) is 11.1 Å². The molecule has 9 nitrogen and oxygen atoms in total. The highest BCUT2D eigenvalue weighted by Crippen LogP contribution is 2.25. The first-order valence-corrected chi connectivity index (χ1v) is 8.92. The third kappa shape index (κ3) is 3.65. The second-order valence-corrected chi connectivity index (χ2v) is 6.38. The van der Waals surface area contributed by atoms with Gasteiger partial charge in [0, 0.05) is 37.7 Å². The number of anilines is 4. The number of benzene rings is 1. The van der Waals surface area contributed by atoms with Gasteiger partial charge in [0.2, 0.25) is 5.95 Å². The number of fused-ring (bicyclic) bond motifs is 1. The molecule has 0 unspecified atom stereocenters. The summed E-state index contributed by atoms with van der Waals surface area (Å²) in [6.45, 7) is 0. The normalized spacial score (nSPS) is 10.7. The Morgan fingerprint density at radius 1 is 1.07 bits per heavy atom. The molecule has 9 heteroatoms. The van der Waals surface area contributed by atoms with E-state index in [2.05, 4.69) is 30.9 Å². The largest absolute Gasteiger partial charge is 0.355 e. The zero-order chi connectivity index (χ0) is 20.4. The van der Waals surface area contributed by atoms with Crippen LogP contribution in [0.5, 0.6) is 0 Å². The number of aromatic nitrogens is 4. The molecule has 0 saturated heterocycles. The summed E-state index contributed by atoms with van der Waals surface area (Å²) in [5.41, 5.74) is 2.16. The van der Waals surface area contributed by atoms with Gasteiger partial charge in [-0.3, -0.25) is 9.59 Å². The molecule has 4 rings (SSSR count). The number of carbonyl (C=O) groups is 1. The first-order chi connectivity index (χ1) is 14.0. The number of pyridine rings is 1. The number of H-pyrrole nitrogens is 1. The highest BCUT2D eigenvalue weighted by atomic mass is 16.1. The van der Waals surface area contributed by atoms with E-state index in [1.165, 1.54) is 4.57 Å². The predicted octanol–water partition coefficient (Wildman–Crippen LogP) is 2.50. The maximum absolute atomic E-state index is 12.3. The Labute approximate surface area is 165 Å². The van der Waals surface area contributed by atoms with E-state index in [-0.39, 0.29) is 11.5 Å². The van der Waals surface area contributed by atoms with Gasteiger partial charge in [0.25, 0.3) is 11.5 Å². The third-order valence-electron chi connectivity index (χ3n) is 4.42. The second-order valence-electron chi connectivity index (χ2n) is 6.38. The summed E-state index contributed by atoms with van der Waals surface area (Å²) >= 11 is 0. The third-order valence-corrected chi connectivity index (χ3v) is 4.42. The maximum atomic E-state index is 12.3. The molecular weight excluding hydrogens is 370 g/mol. The molecule has 29 heavy (non-hydrogen) atoms. The number of hydrogen-bond acceptors (Lipinski definition) is 6. The van der Waals surface area contributed by atoms with Gasteiger partial charge < -0.3 is 25.5 Å². The van der Waals surface area contributed by atoms with Crippen molar-refractivity contribution >= 4 is 40.1 Å². The molecule has 0 radical (unpaired) electrons. The average Bonchev–Trinajstić information content (AvgIpc) is 3.20. The van der Waals surface area contributed by atoms with E-state index < -0.39 is 0 Å². The van der Waals surface area contributed by atoms with Crippen LogP contribution in [0.25, 0.3) is 11.0 Å². The number of aryl methyl sites for hydroxylation is 1. The molecule has 1 amide bonds. The molecule has 4 aromatic rings. The van der Waals surface area contributed by atoms with Crippen molar-refractivity contribution in [3.63, 3.8) is 0 Å². The lowest BCUT2D eigenvalue weighted by atomic mass is 10.2. The van der Waals surface area contributed by atoms with Crippen molar-refractivity contribution in [2.75, 3.05) is 17.7 Å². The molecule has 4 N–H and O–H groups in total. The maximum Gasteiger partial charge on any atom is 0.274 e. The van der Waals surface area contributed by atoms with E-state index in [1.807, 2.05) is 6.07 Å². The zero-order valence-corrected chi connectivity index (χ0v) is 15.9. The van der Waals surface area contributed by atoms with Crippen molar-refractivity contribution < 1.29 is 4.79 Å². The molecule has 0 saturated carbocycles. The molecule has 0 fully saturated rings. The molecule has 0 bridgehead atoms. The minimum atomic E-state index is -0.158. The van der Waals surface area contributed by atoms with Crippen LogP contribution in [0.4, 0.5) is 23.1 Å². The fourth-order valence-electron chi connectivity index (χ4n) is 2.89. The minimum absolute atomic E-state index is 0.156. The van der Waals surface area contributed by atoms with Gasteiger partial charge in [0.15, 0.2) is 0 Å². The number of hydrogen-bond donors (Lipinski definition) is 4. The lowest BCUT2D eigenvalue weighted by Crippen LogP contribution is -2.19. The molecule has 0 spiro atoms. The van der Waals surface area contributed by atoms with Gasteiger partial charge in [-0.05, 0) is 42.5 Å². The van der Waals surface area contributed by atoms with Gasteiger partial charge in [-0.25, -0.2) is 0 Å². The molecule has 0 atom stereocenters. The fraction of sp³-hybridized carbons (Fsp3) is 0.100. The Morgan fingerprint density at radius 3 is 2.62 bits per heavy atom. The summed E-state index contributed by atoms with van der Waals surface area (Å²) < 4.78 is 1.49. The van der Waals surface area contributed by atoms with Crippen LogP contribution in [-0.2, 0) is 7.05 Å². The summed E-state index contributed by atoms with van der Waals surface area (Å²) in [7, 11) is 3.28. The molecule has 0 aliphatic heterocycles. The van der Waals surface area contributed by atoms with Crippen LogP contribution < -0.4 is 21.5 Å². The van der Waals surface area contributed by atoms with Gasteiger partial charge in [-0.2, -0.15) is 9.97 Å². The van der Waals surface area contributed by atoms with Crippen LogP contribution in [0.1, 0.15) is 10.4 Å². The van der Waals surface area contributed by atoms with E-state index in [4.69, 9.17) is 0 Å². The predicted molar refractivity (Wildman–Crippen MR) is 112 cm³/mol. The van der Waals surface area contributed by atoms with Gasteiger partial charge >= 0.3 is 0 Å². The molecule has 0 aliphatic carbocycles. The molecule has 0 aliphatic rings. The van der Waals surface area contributed by atoms with Crippen molar-refractivity contribution in [1.82, 2.24) is 24.8 Å². The van der Waals surface area contributed by atoms with Crippen molar-refractivity contribution in [1.29, 1.82) is 0 Å². The number of aromatic amines is 1. The zero-order valence-electron chi connectivity index (χ0n) is 15.9. The number of carbonyl (C=O) groups excluding carboxylic acids is 1. The molecule has 1 aromatic carbocycles.